The first-order valence-corrected chi connectivity index (χ1v) is 5.08. The van der Waals surface area contributed by atoms with Crippen LogP contribution in [0, 0.1) is 0 Å². The molecule has 0 spiro atoms. The lowest BCUT2D eigenvalue weighted by Crippen LogP contribution is -2.19. The zero-order valence-electron chi connectivity index (χ0n) is 9.36. The molecule has 0 saturated carbocycles. The first-order chi connectivity index (χ1) is 7.76. The summed E-state index contributed by atoms with van der Waals surface area (Å²) in [6.45, 7) is 0. The van der Waals surface area contributed by atoms with E-state index in [9.17, 15) is 0 Å². The minimum absolute atomic E-state index is 0.0933. The van der Waals surface area contributed by atoms with Crippen LogP contribution >= 0.6 is 0 Å². The maximum Gasteiger partial charge on any atom is 0.169 e. The van der Waals surface area contributed by atoms with Crippen LogP contribution in [-0.2, 0) is 22.6 Å². The summed E-state index contributed by atoms with van der Waals surface area (Å²) in [5.74, 6) is 1.38. The SMILES string of the molecule is COOc1ccc(OOC)c2c1CC(N)C2. The van der Waals surface area contributed by atoms with Crippen molar-refractivity contribution in [1.82, 2.24) is 0 Å². The highest BCUT2D eigenvalue weighted by Crippen LogP contribution is 2.36. The fourth-order valence-electron chi connectivity index (χ4n) is 2.03. The van der Waals surface area contributed by atoms with Crippen LogP contribution < -0.4 is 15.5 Å². The van der Waals surface area contributed by atoms with E-state index in [1.807, 2.05) is 0 Å². The Balaban J connectivity index is 2.37. The third-order valence-corrected chi connectivity index (χ3v) is 2.62. The fraction of sp³-hybridized carbons (Fsp3) is 0.455. The third-order valence-electron chi connectivity index (χ3n) is 2.62. The van der Waals surface area contributed by atoms with Gasteiger partial charge in [0.2, 0.25) is 0 Å². The van der Waals surface area contributed by atoms with E-state index in [0.29, 0.717) is 11.5 Å². The number of nitrogens with two attached hydrogens (primary N) is 1. The van der Waals surface area contributed by atoms with Gasteiger partial charge < -0.3 is 15.5 Å². The van der Waals surface area contributed by atoms with Gasteiger partial charge in [-0.3, -0.25) is 0 Å². The summed E-state index contributed by atoms with van der Waals surface area (Å²) >= 11 is 0. The van der Waals surface area contributed by atoms with Crippen LogP contribution in [-0.4, -0.2) is 20.3 Å². The van der Waals surface area contributed by atoms with E-state index in [4.69, 9.17) is 15.5 Å². The Bertz CT molecular complexity index is 345. The summed E-state index contributed by atoms with van der Waals surface area (Å²) in [5.41, 5.74) is 7.99. The molecule has 0 fully saturated rings. The van der Waals surface area contributed by atoms with Crippen LogP contribution in [0.4, 0.5) is 0 Å². The fourth-order valence-corrected chi connectivity index (χ4v) is 2.03. The van der Waals surface area contributed by atoms with Crippen LogP contribution in [0.1, 0.15) is 11.1 Å². The van der Waals surface area contributed by atoms with Gasteiger partial charge in [-0.05, 0) is 25.0 Å². The van der Waals surface area contributed by atoms with E-state index in [0.717, 1.165) is 24.0 Å². The Morgan fingerprint density at radius 3 is 1.81 bits per heavy atom. The number of rotatable bonds is 4. The van der Waals surface area contributed by atoms with Crippen molar-refractivity contribution in [2.45, 2.75) is 18.9 Å². The van der Waals surface area contributed by atoms with Crippen LogP contribution in [0.25, 0.3) is 0 Å². The van der Waals surface area contributed by atoms with Gasteiger partial charge in [0.1, 0.15) is 0 Å². The maximum absolute atomic E-state index is 5.92. The molecule has 5 nitrogen and oxygen atoms in total. The highest BCUT2D eigenvalue weighted by Gasteiger charge is 2.26. The predicted molar refractivity (Wildman–Crippen MR) is 57.1 cm³/mol. The number of benzene rings is 1. The molecule has 16 heavy (non-hydrogen) atoms. The van der Waals surface area contributed by atoms with Crippen molar-refractivity contribution in [2.24, 2.45) is 5.73 Å². The van der Waals surface area contributed by atoms with Gasteiger partial charge in [-0.1, -0.05) is 0 Å². The molecule has 1 aromatic carbocycles. The standard InChI is InChI=1S/C11H15NO4/c1-13-15-10-3-4-11(16-14-2)9-6-7(12)5-8(9)10/h3-4,7H,5-6,12H2,1-2H3. The molecule has 1 aliphatic carbocycles. The molecular formula is C11H15NO4. The predicted octanol–water partition coefficient (Wildman–Crippen LogP) is 0.993. The van der Waals surface area contributed by atoms with Crippen molar-refractivity contribution < 1.29 is 19.6 Å². The molecule has 0 bridgehead atoms. The van der Waals surface area contributed by atoms with Crippen molar-refractivity contribution in [3.05, 3.63) is 23.3 Å². The summed E-state index contributed by atoms with van der Waals surface area (Å²) in [7, 11) is 2.95. The second kappa shape index (κ2) is 4.69. The maximum atomic E-state index is 5.92. The molecule has 0 aliphatic heterocycles. The van der Waals surface area contributed by atoms with Crippen LogP contribution in [0.2, 0.25) is 0 Å². The Morgan fingerprint density at radius 1 is 1.00 bits per heavy atom. The molecule has 1 aliphatic rings. The van der Waals surface area contributed by atoms with Gasteiger partial charge in [0.05, 0.1) is 14.2 Å². The Kier molecular flexibility index (Phi) is 3.28. The Morgan fingerprint density at radius 2 is 1.44 bits per heavy atom. The van der Waals surface area contributed by atoms with E-state index in [1.165, 1.54) is 14.2 Å². The lowest BCUT2D eigenvalue weighted by molar-refractivity contribution is -0.181. The monoisotopic (exact) mass is 225 g/mol. The molecule has 1 aromatic rings. The van der Waals surface area contributed by atoms with Crippen molar-refractivity contribution in [1.29, 1.82) is 0 Å². The molecular weight excluding hydrogens is 210 g/mol. The lowest BCUT2D eigenvalue weighted by atomic mass is 10.1. The molecule has 0 heterocycles. The average molecular weight is 225 g/mol. The summed E-state index contributed by atoms with van der Waals surface area (Å²) < 4.78 is 0. The summed E-state index contributed by atoms with van der Waals surface area (Å²) in [6.07, 6.45) is 1.52. The van der Waals surface area contributed by atoms with E-state index in [2.05, 4.69) is 9.78 Å². The molecule has 0 radical (unpaired) electrons. The molecule has 2 rings (SSSR count). The van der Waals surface area contributed by atoms with E-state index in [-0.39, 0.29) is 6.04 Å². The van der Waals surface area contributed by atoms with E-state index in [1.54, 1.807) is 12.1 Å². The Labute approximate surface area is 93.9 Å². The molecule has 2 N–H and O–H groups in total. The van der Waals surface area contributed by atoms with Gasteiger partial charge >= 0.3 is 0 Å². The van der Waals surface area contributed by atoms with Crippen molar-refractivity contribution in [3.8, 4) is 11.5 Å². The minimum atomic E-state index is 0.0933. The summed E-state index contributed by atoms with van der Waals surface area (Å²) in [6, 6.07) is 3.67. The quantitative estimate of drug-likeness (QED) is 0.611. The number of fused-ring (bicyclic) bond motifs is 1. The summed E-state index contributed by atoms with van der Waals surface area (Å²) in [4.78, 5) is 19.5. The smallest absolute Gasteiger partial charge is 0.169 e. The first-order valence-electron chi connectivity index (χ1n) is 5.08. The highest BCUT2D eigenvalue weighted by atomic mass is 17.2. The largest absolute Gasteiger partial charge is 0.338 e. The topological polar surface area (TPSA) is 62.9 Å². The Hall–Kier alpha value is -1.30. The summed E-state index contributed by atoms with van der Waals surface area (Å²) in [5, 5.41) is 0. The minimum Gasteiger partial charge on any atom is -0.338 e. The lowest BCUT2D eigenvalue weighted by Gasteiger charge is -2.10. The van der Waals surface area contributed by atoms with Crippen molar-refractivity contribution in [2.75, 3.05) is 14.2 Å². The van der Waals surface area contributed by atoms with Crippen molar-refractivity contribution in [3.63, 3.8) is 0 Å². The number of hydrogen-bond donors (Lipinski definition) is 1. The molecule has 0 unspecified atom stereocenters. The van der Waals surface area contributed by atoms with Gasteiger partial charge in [-0.2, -0.15) is 9.78 Å². The van der Waals surface area contributed by atoms with Gasteiger partial charge in [-0.15, -0.1) is 0 Å². The van der Waals surface area contributed by atoms with E-state index < -0.39 is 0 Å². The van der Waals surface area contributed by atoms with Gasteiger partial charge in [0.15, 0.2) is 11.5 Å². The molecule has 88 valence electrons. The molecule has 0 aromatic heterocycles. The normalized spacial score (nSPS) is 14.9. The van der Waals surface area contributed by atoms with Crippen LogP contribution in [0.3, 0.4) is 0 Å². The average Bonchev–Trinajstić information content (AvgIpc) is 2.64. The van der Waals surface area contributed by atoms with Crippen LogP contribution in [0.15, 0.2) is 12.1 Å². The van der Waals surface area contributed by atoms with Crippen LogP contribution in [0.5, 0.6) is 11.5 Å². The second-order valence-corrected chi connectivity index (χ2v) is 3.69. The van der Waals surface area contributed by atoms with Gasteiger partial charge in [-0.25, -0.2) is 0 Å². The van der Waals surface area contributed by atoms with Crippen molar-refractivity contribution >= 4 is 0 Å². The van der Waals surface area contributed by atoms with E-state index >= 15 is 0 Å². The zero-order chi connectivity index (χ0) is 11.5. The zero-order valence-corrected chi connectivity index (χ0v) is 9.36. The first kappa shape index (κ1) is 11.2. The second-order valence-electron chi connectivity index (χ2n) is 3.69. The molecule has 0 amide bonds. The van der Waals surface area contributed by atoms with Gasteiger partial charge in [0, 0.05) is 17.2 Å². The van der Waals surface area contributed by atoms with Gasteiger partial charge in [0.25, 0.3) is 0 Å². The number of hydrogen-bond acceptors (Lipinski definition) is 5. The molecule has 5 heteroatoms. The highest BCUT2D eigenvalue weighted by molar-refractivity contribution is 5.51. The molecule has 0 saturated heterocycles. The third kappa shape index (κ3) is 1.97. The molecule has 0 atom stereocenters.